The molecule has 26 heavy (non-hydrogen) atoms. The second kappa shape index (κ2) is 9.90. The third kappa shape index (κ3) is 6.39. The Balaban J connectivity index is 3.58. The Morgan fingerprint density at radius 1 is 1.15 bits per heavy atom. The molecule has 1 atom stereocenters. The molecule has 1 aromatic rings. The van der Waals surface area contributed by atoms with Crippen LogP contribution >= 0.6 is 19.2 Å². The number of rotatable bonds is 10. The minimum Gasteiger partial charge on any atom is -0.443 e. The quantitative estimate of drug-likeness (QED) is 0.157. The van der Waals surface area contributed by atoms with Crippen molar-refractivity contribution in [1.29, 1.82) is 0 Å². The SMILES string of the molecule is CCOP(=O)(OCC)C(/C(CC)=[N+](/[O-])O[Si](C)(C)C)c1ccc(Cl)cc1. The maximum absolute atomic E-state index is 13.6. The number of nitrogens with zero attached hydrogens (tertiary/aromatic N) is 1. The third-order valence-corrected chi connectivity index (χ3v) is 6.82. The summed E-state index contributed by atoms with van der Waals surface area (Å²) in [6.45, 7) is 11.4. The van der Waals surface area contributed by atoms with E-state index in [-0.39, 0.29) is 13.2 Å². The van der Waals surface area contributed by atoms with Gasteiger partial charge in [-0.3, -0.25) is 9.77 Å². The summed E-state index contributed by atoms with van der Waals surface area (Å²) in [6.07, 6.45) is 0.339. The van der Waals surface area contributed by atoms with Crippen LogP contribution in [-0.4, -0.2) is 32.1 Å². The van der Waals surface area contributed by atoms with Gasteiger partial charge < -0.3 is 13.6 Å². The molecular formula is C17H29ClNO5PSi. The van der Waals surface area contributed by atoms with E-state index in [1.165, 1.54) is 0 Å². The van der Waals surface area contributed by atoms with Crippen LogP contribution in [-0.2, 0) is 18.1 Å². The van der Waals surface area contributed by atoms with E-state index in [2.05, 4.69) is 0 Å². The Labute approximate surface area is 162 Å². The van der Waals surface area contributed by atoms with Gasteiger partial charge in [-0.25, -0.2) is 0 Å². The van der Waals surface area contributed by atoms with Gasteiger partial charge in [-0.1, -0.05) is 50.3 Å². The summed E-state index contributed by atoms with van der Waals surface area (Å²) in [4.78, 5) is 0.510. The van der Waals surface area contributed by atoms with Crippen molar-refractivity contribution in [2.75, 3.05) is 13.2 Å². The van der Waals surface area contributed by atoms with E-state index >= 15 is 0 Å². The van der Waals surface area contributed by atoms with Crippen LogP contribution < -0.4 is 0 Å². The molecule has 0 aliphatic carbocycles. The average molecular weight is 422 g/mol. The molecule has 0 fully saturated rings. The molecule has 0 heterocycles. The minimum absolute atomic E-state index is 0.200. The second-order valence-corrected chi connectivity index (χ2v) is 13.6. The Bertz CT molecular complexity index is 650. The van der Waals surface area contributed by atoms with Crippen molar-refractivity contribution in [3.63, 3.8) is 0 Å². The van der Waals surface area contributed by atoms with Gasteiger partial charge >= 0.3 is 7.60 Å². The highest BCUT2D eigenvalue weighted by Gasteiger charge is 2.45. The first kappa shape index (κ1) is 23.2. The van der Waals surface area contributed by atoms with Crippen molar-refractivity contribution in [1.82, 2.24) is 0 Å². The summed E-state index contributed by atoms with van der Waals surface area (Å²) in [6, 6.07) is 6.84. The number of benzene rings is 1. The van der Waals surface area contributed by atoms with E-state index in [1.807, 2.05) is 26.6 Å². The smallest absolute Gasteiger partial charge is 0.348 e. The van der Waals surface area contributed by atoms with Crippen LogP contribution in [0.5, 0.6) is 0 Å². The fourth-order valence-corrected chi connectivity index (χ4v) is 5.49. The van der Waals surface area contributed by atoms with Crippen LogP contribution in [0.3, 0.4) is 0 Å². The van der Waals surface area contributed by atoms with Gasteiger partial charge in [0.15, 0.2) is 14.0 Å². The second-order valence-electron chi connectivity index (χ2n) is 6.64. The van der Waals surface area contributed by atoms with Crippen molar-refractivity contribution in [2.24, 2.45) is 0 Å². The van der Waals surface area contributed by atoms with Crippen molar-refractivity contribution < 1.29 is 23.0 Å². The summed E-state index contributed by atoms with van der Waals surface area (Å²) in [5.74, 6) is 0. The maximum Gasteiger partial charge on any atom is 0.348 e. The Morgan fingerprint density at radius 2 is 1.65 bits per heavy atom. The largest absolute Gasteiger partial charge is 0.443 e. The lowest BCUT2D eigenvalue weighted by Gasteiger charge is -2.27. The van der Waals surface area contributed by atoms with Gasteiger partial charge in [0.2, 0.25) is 5.71 Å². The summed E-state index contributed by atoms with van der Waals surface area (Å²) in [7, 11) is -5.80. The predicted molar refractivity (Wildman–Crippen MR) is 108 cm³/mol. The molecule has 9 heteroatoms. The van der Waals surface area contributed by atoms with Crippen LogP contribution in [0.25, 0.3) is 0 Å². The normalized spacial score (nSPS) is 14.7. The van der Waals surface area contributed by atoms with Gasteiger partial charge in [0.1, 0.15) is 0 Å². The van der Waals surface area contributed by atoms with Gasteiger partial charge in [0, 0.05) is 16.3 Å². The summed E-state index contributed by atoms with van der Waals surface area (Å²) in [5.41, 5.74) is 0.0787. The molecule has 148 valence electrons. The molecule has 1 unspecified atom stereocenters. The average Bonchev–Trinajstić information content (AvgIpc) is 2.52. The molecule has 0 saturated carbocycles. The first-order chi connectivity index (χ1) is 12.1. The molecular weight excluding hydrogens is 393 g/mol. The van der Waals surface area contributed by atoms with E-state index in [9.17, 15) is 9.77 Å². The summed E-state index contributed by atoms with van der Waals surface area (Å²) < 4.78 is 30.2. The van der Waals surface area contributed by atoms with Crippen molar-refractivity contribution in [3.05, 3.63) is 40.1 Å². The van der Waals surface area contributed by atoms with Gasteiger partial charge in [-0.2, -0.15) is 0 Å². The van der Waals surface area contributed by atoms with Gasteiger partial charge in [0.25, 0.3) is 0 Å². The van der Waals surface area contributed by atoms with Crippen LogP contribution in [0.15, 0.2) is 24.3 Å². The zero-order valence-electron chi connectivity index (χ0n) is 16.3. The summed E-state index contributed by atoms with van der Waals surface area (Å²) >= 11 is 5.99. The molecule has 0 bridgehead atoms. The molecule has 0 amide bonds. The van der Waals surface area contributed by atoms with E-state index in [0.29, 0.717) is 27.6 Å². The third-order valence-electron chi connectivity index (χ3n) is 3.39. The Hall–Kier alpha value is -0.853. The number of hydrogen-bond donors (Lipinski definition) is 0. The van der Waals surface area contributed by atoms with Gasteiger partial charge in [0.05, 0.1) is 13.2 Å². The molecule has 0 aromatic heterocycles. The number of hydrogen-bond acceptors (Lipinski definition) is 5. The first-order valence-electron chi connectivity index (χ1n) is 8.74. The fraction of sp³-hybridized carbons (Fsp3) is 0.588. The molecule has 0 aliphatic rings. The van der Waals surface area contributed by atoms with Crippen molar-refractivity contribution in [2.45, 2.75) is 52.5 Å². The first-order valence-corrected chi connectivity index (χ1v) is 14.1. The zero-order chi connectivity index (χ0) is 20.0. The Kier molecular flexibility index (Phi) is 8.83. The zero-order valence-corrected chi connectivity index (χ0v) is 19.0. The molecule has 1 rings (SSSR count). The van der Waals surface area contributed by atoms with E-state index in [4.69, 9.17) is 25.2 Å². The molecule has 0 spiro atoms. The standard InChI is InChI=1S/C17H29ClNO5PSi/c1-7-16(19(20)24-26(4,5)6)17(14-10-12-15(18)13-11-14)25(21,22-8-2)23-9-3/h10-13,17H,7-9H2,1-6H3/b19-16-. The lowest BCUT2D eigenvalue weighted by molar-refractivity contribution is -0.705. The Morgan fingerprint density at radius 3 is 2.04 bits per heavy atom. The van der Waals surface area contributed by atoms with E-state index in [0.717, 1.165) is 0 Å². The lowest BCUT2D eigenvalue weighted by atomic mass is 10.1. The van der Waals surface area contributed by atoms with Crippen molar-refractivity contribution >= 4 is 33.2 Å². The highest BCUT2D eigenvalue weighted by molar-refractivity contribution is 7.55. The van der Waals surface area contributed by atoms with Gasteiger partial charge in [-0.15, -0.1) is 0 Å². The van der Waals surface area contributed by atoms with E-state index in [1.54, 1.807) is 38.1 Å². The monoisotopic (exact) mass is 421 g/mol. The molecule has 0 saturated heterocycles. The lowest BCUT2D eigenvalue weighted by Crippen LogP contribution is -2.34. The van der Waals surface area contributed by atoms with Crippen LogP contribution in [0, 0.1) is 5.21 Å². The van der Waals surface area contributed by atoms with Crippen LogP contribution in [0.2, 0.25) is 24.7 Å². The van der Waals surface area contributed by atoms with Gasteiger partial charge in [-0.05, 0) is 31.5 Å². The van der Waals surface area contributed by atoms with Crippen LogP contribution in [0.4, 0.5) is 0 Å². The predicted octanol–water partition coefficient (Wildman–Crippen LogP) is 5.78. The molecule has 0 aliphatic heterocycles. The van der Waals surface area contributed by atoms with Crippen molar-refractivity contribution in [3.8, 4) is 0 Å². The number of halogens is 1. The molecule has 6 nitrogen and oxygen atoms in total. The maximum atomic E-state index is 13.6. The molecule has 0 radical (unpaired) electrons. The fourth-order valence-electron chi connectivity index (χ4n) is 2.48. The minimum atomic E-state index is -3.64. The molecule has 1 aromatic carbocycles. The highest BCUT2D eigenvalue weighted by atomic mass is 35.5. The topological polar surface area (TPSA) is 70.8 Å². The summed E-state index contributed by atoms with van der Waals surface area (Å²) in [5, 5.41) is 13.3. The highest BCUT2D eigenvalue weighted by Crippen LogP contribution is 2.61. The van der Waals surface area contributed by atoms with Crippen LogP contribution in [0.1, 0.15) is 38.4 Å². The van der Waals surface area contributed by atoms with E-state index < -0.39 is 21.6 Å². The molecule has 0 N–H and O–H groups in total.